The number of aromatic nitrogens is 3. The minimum Gasteiger partial charge on any atom is -0.423 e. The highest BCUT2D eigenvalue weighted by atomic mass is 16.4. The van der Waals surface area contributed by atoms with Crippen molar-refractivity contribution >= 4 is 22.1 Å². The van der Waals surface area contributed by atoms with Crippen molar-refractivity contribution in [1.82, 2.24) is 14.5 Å². The molecule has 2 heterocycles. The van der Waals surface area contributed by atoms with E-state index in [0.29, 0.717) is 17.4 Å². The molecular formula is C16H10N4O. The van der Waals surface area contributed by atoms with Gasteiger partial charge in [-0.1, -0.05) is 24.3 Å². The SMILES string of the molecule is N#CCc1nc2ccccc2n1-c1nc2ccccc2o1. The molecule has 0 aliphatic heterocycles. The minimum atomic E-state index is 0.202. The van der Waals surface area contributed by atoms with Crippen LogP contribution in [0.1, 0.15) is 5.82 Å². The number of nitriles is 1. The lowest BCUT2D eigenvalue weighted by Gasteiger charge is -2.00. The van der Waals surface area contributed by atoms with Crippen LogP contribution in [0.25, 0.3) is 28.1 Å². The minimum absolute atomic E-state index is 0.202. The first-order valence-corrected chi connectivity index (χ1v) is 6.56. The second-order valence-electron chi connectivity index (χ2n) is 4.65. The predicted octanol–water partition coefficient (Wildman–Crippen LogP) is 3.23. The Hall–Kier alpha value is -3.13. The number of benzene rings is 2. The average Bonchev–Trinajstić information content (AvgIpc) is 3.07. The zero-order valence-corrected chi connectivity index (χ0v) is 11.0. The summed E-state index contributed by atoms with van der Waals surface area (Å²) >= 11 is 0. The third-order valence-electron chi connectivity index (χ3n) is 3.34. The third-order valence-corrected chi connectivity index (χ3v) is 3.34. The van der Waals surface area contributed by atoms with Gasteiger partial charge in [-0.2, -0.15) is 10.2 Å². The van der Waals surface area contributed by atoms with E-state index in [2.05, 4.69) is 16.0 Å². The van der Waals surface area contributed by atoms with E-state index in [-0.39, 0.29) is 6.42 Å². The molecule has 100 valence electrons. The summed E-state index contributed by atoms with van der Waals surface area (Å²) in [6.45, 7) is 0. The standard InChI is InChI=1S/C16H10N4O/c17-10-9-15-18-11-5-1-3-7-13(11)20(15)16-19-12-6-2-4-8-14(12)21-16/h1-8H,9H2. The highest BCUT2D eigenvalue weighted by Gasteiger charge is 2.16. The van der Waals surface area contributed by atoms with Crippen molar-refractivity contribution in [2.24, 2.45) is 0 Å². The van der Waals surface area contributed by atoms with Crippen molar-refractivity contribution in [2.75, 3.05) is 0 Å². The molecule has 0 aliphatic rings. The summed E-state index contributed by atoms with van der Waals surface area (Å²) in [6, 6.07) is 17.9. The first kappa shape index (κ1) is 11.7. The van der Waals surface area contributed by atoms with Crippen LogP contribution in [0.3, 0.4) is 0 Å². The Morgan fingerprint density at radius 3 is 2.57 bits per heavy atom. The van der Waals surface area contributed by atoms with Gasteiger partial charge in [0.1, 0.15) is 11.3 Å². The van der Waals surface area contributed by atoms with Gasteiger partial charge in [0.05, 0.1) is 23.5 Å². The predicted molar refractivity (Wildman–Crippen MR) is 78.0 cm³/mol. The monoisotopic (exact) mass is 274 g/mol. The lowest BCUT2D eigenvalue weighted by atomic mass is 10.3. The van der Waals surface area contributed by atoms with Crippen molar-refractivity contribution in [2.45, 2.75) is 6.42 Å². The molecule has 4 aromatic rings. The van der Waals surface area contributed by atoms with Gasteiger partial charge in [0.2, 0.25) is 0 Å². The van der Waals surface area contributed by atoms with Gasteiger partial charge in [0.15, 0.2) is 5.58 Å². The van der Waals surface area contributed by atoms with Gasteiger partial charge in [-0.05, 0) is 24.3 Å². The second kappa shape index (κ2) is 4.46. The number of nitrogens with zero attached hydrogens (tertiary/aromatic N) is 4. The van der Waals surface area contributed by atoms with Crippen LogP contribution in [0.4, 0.5) is 0 Å². The number of rotatable bonds is 2. The van der Waals surface area contributed by atoms with Gasteiger partial charge in [-0.25, -0.2) is 9.55 Å². The molecule has 5 nitrogen and oxygen atoms in total. The van der Waals surface area contributed by atoms with Crippen LogP contribution in [0.2, 0.25) is 0 Å². The molecule has 0 N–H and O–H groups in total. The smallest absolute Gasteiger partial charge is 0.308 e. The Bertz CT molecular complexity index is 957. The number of hydrogen-bond donors (Lipinski definition) is 0. The lowest BCUT2D eigenvalue weighted by Crippen LogP contribution is -2.00. The van der Waals surface area contributed by atoms with Crippen molar-refractivity contribution in [3.8, 4) is 12.1 Å². The number of hydrogen-bond acceptors (Lipinski definition) is 4. The van der Waals surface area contributed by atoms with Gasteiger partial charge in [0, 0.05) is 0 Å². The lowest BCUT2D eigenvalue weighted by molar-refractivity contribution is 0.563. The van der Waals surface area contributed by atoms with Crippen LogP contribution < -0.4 is 0 Å². The van der Waals surface area contributed by atoms with Gasteiger partial charge in [0.25, 0.3) is 0 Å². The highest BCUT2D eigenvalue weighted by Crippen LogP contribution is 2.24. The Morgan fingerprint density at radius 2 is 1.76 bits per heavy atom. The summed E-state index contributed by atoms with van der Waals surface area (Å²) in [5.74, 6) is 0.630. The van der Waals surface area contributed by atoms with E-state index in [4.69, 9.17) is 9.68 Å². The molecule has 0 saturated carbocycles. The number of oxazole rings is 1. The zero-order chi connectivity index (χ0) is 14.2. The summed E-state index contributed by atoms with van der Waals surface area (Å²) in [4.78, 5) is 8.98. The molecule has 0 fully saturated rings. The molecule has 0 spiro atoms. The fourth-order valence-corrected chi connectivity index (χ4v) is 2.43. The number of imidazole rings is 1. The summed E-state index contributed by atoms with van der Waals surface area (Å²) in [5.41, 5.74) is 3.21. The molecule has 2 aromatic carbocycles. The summed E-state index contributed by atoms with van der Waals surface area (Å²) in [6.07, 6.45) is 0.202. The van der Waals surface area contributed by atoms with Gasteiger partial charge in [-0.3, -0.25) is 0 Å². The average molecular weight is 274 g/mol. The van der Waals surface area contributed by atoms with Crippen molar-refractivity contribution in [3.63, 3.8) is 0 Å². The molecule has 0 unspecified atom stereocenters. The summed E-state index contributed by atoms with van der Waals surface area (Å²) in [7, 11) is 0. The number of fused-ring (bicyclic) bond motifs is 2. The number of para-hydroxylation sites is 4. The maximum atomic E-state index is 9.00. The molecule has 0 saturated heterocycles. The summed E-state index contributed by atoms with van der Waals surface area (Å²) < 4.78 is 7.61. The fraction of sp³-hybridized carbons (Fsp3) is 0.0625. The Balaban J connectivity index is 2.04. The van der Waals surface area contributed by atoms with E-state index in [1.807, 2.05) is 48.5 Å². The van der Waals surface area contributed by atoms with Crippen LogP contribution in [0, 0.1) is 11.3 Å². The van der Waals surface area contributed by atoms with Crippen molar-refractivity contribution < 1.29 is 4.42 Å². The molecule has 0 amide bonds. The van der Waals surface area contributed by atoms with E-state index in [1.54, 1.807) is 4.57 Å². The molecule has 21 heavy (non-hydrogen) atoms. The van der Waals surface area contributed by atoms with E-state index >= 15 is 0 Å². The normalized spacial score (nSPS) is 11.0. The van der Waals surface area contributed by atoms with E-state index in [0.717, 1.165) is 16.6 Å². The largest absolute Gasteiger partial charge is 0.423 e. The van der Waals surface area contributed by atoms with Crippen molar-refractivity contribution in [1.29, 1.82) is 5.26 Å². The Morgan fingerprint density at radius 1 is 1.00 bits per heavy atom. The molecule has 5 heteroatoms. The van der Waals surface area contributed by atoms with E-state index < -0.39 is 0 Å². The van der Waals surface area contributed by atoms with Crippen LogP contribution in [0.15, 0.2) is 52.9 Å². The maximum Gasteiger partial charge on any atom is 0.308 e. The molecule has 0 bridgehead atoms. The molecule has 2 aromatic heterocycles. The van der Waals surface area contributed by atoms with Crippen molar-refractivity contribution in [3.05, 3.63) is 54.4 Å². The summed E-state index contributed by atoms with van der Waals surface area (Å²) in [5, 5.41) is 9.00. The maximum absolute atomic E-state index is 9.00. The Kier molecular flexibility index (Phi) is 2.48. The quantitative estimate of drug-likeness (QED) is 0.562. The molecule has 0 aliphatic carbocycles. The second-order valence-corrected chi connectivity index (χ2v) is 4.65. The molecular weight excluding hydrogens is 264 g/mol. The topological polar surface area (TPSA) is 67.6 Å². The third kappa shape index (κ3) is 1.77. The van der Waals surface area contributed by atoms with E-state index in [9.17, 15) is 0 Å². The van der Waals surface area contributed by atoms with E-state index in [1.165, 1.54) is 0 Å². The Labute approximate surface area is 120 Å². The molecule has 0 radical (unpaired) electrons. The first-order chi connectivity index (χ1) is 10.4. The highest BCUT2D eigenvalue weighted by molar-refractivity contribution is 5.79. The fourth-order valence-electron chi connectivity index (χ4n) is 2.43. The van der Waals surface area contributed by atoms with Crippen LogP contribution in [0.5, 0.6) is 0 Å². The molecule has 4 rings (SSSR count). The van der Waals surface area contributed by atoms with Gasteiger partial charge < -0.3 is 4.42 Å². The molecule has 0 atom stereocenters. The zero-order valence-electron chi connectivity index (χ0n) is 11.0. The van der Waals surface area contributed by atoms with Crippen LogP contribution >= 0.6 is 0 Å². The van der Waals surface area contributed by atoms with Crippen LogP contribution in [-0.2, 0) is 6.42 Å². The van der Waals surface area contributed by atoms with Gasteiger partial charge in [-0.15, -0.1) is 0 Å². The van der Waals surface area contributed by atoms with Gasteiger partial charge >= 0.3 is 6.01 Å². The van der Waals surface area contributed by atoms with Crippen LogP contribution in [-0.4, -0.2) is 14.5 Å². The first-order valence-electron chi connectivity index (χ1n) is 6.56.